The van der Waals surface area contributed by atoms with Gasteiger partial charge in [-0.25, -0.2) is 4.79 Å². The molecule has 43 heavy (non-hydrogen) atoms. The van der Waals surface area contributed by atoms with E-state index in [4.69, 9.17) is 11.5 Å². The van der Waals surface area contributed by atoms with E-state index in [1.54, 1.807) is 36.5 Å². The third-order valence-electron chi connectivity index (χ3n) is 6.91. The number of H-pyrrole nitrogens is 1. The van der Waals surface area contributed by atoms with Gasteiger partial charge >= 0.3 is 5.97 Å². The predicted octanol–water partition coefficient (Wildman–Crippen LogP) is 0.838. The summed E-state index contributed by atoms with van der Waals surface area (Å²) in [5.41, 5.74) is 13.5. The number of carboxylic acid groups (broad SMARTS) is 1. The highest BCUT2D eigenvalue weighted by Gasteiger charge is 2.31. The average Bonchev–Trinajstić information content (AvgIpc) is 3.40. The summed E-state index contributed by atoms with van der Waals surface area (Å²) in [5.74, 6) is -3.30. The van der Waals surface area contributed by atoms with E-state index in [0.717, 1.165) is 10.9 Å². The van der Waals surface area contributed by atoms with Crippen LogP contribution in [0.1, 0.15) is 30.4 Å². The molecule has 0 radical (unpaired) electrons. The number of nitrogens with two attached hydrogens (primary N) is 2. The molecule has 3 aromatic rings. The van der Waals surface area contributed by atoms with Crippen molar-refractivity contribution in [2.45, 2.75) is 56.3 Å². The molecule has 12 nitrogen and oxygen atoms in total. The molecule has 230 valence electrons. The van der Waals surface area contributed by atoms with Crippen molar-refractivity contribution in [1.82, 2.24) is 20.9 Å². The molecule has 4 unspecified atom stereocenters. The number of aromatic amines is 1. The van der Waals surface area contributed by atoms with E-state index < -0.39 is 53.8 Å². The van der Waals surface area contributed by atoms with Gasteiger partial charge in [0.2, 0.25) is 23.6 Å². The van der Waals surface area contributed by atoms with Crippen LogP contribution in [0.25, 0.3) is 10.9 Å². The van der Waals surface area contributed by atoms with Gasteiger partial charge < -0.3 is 37.5 Å². The van der Waals surface area contributed by atoms with Crippen molar-refractivity contribution in [3.63, 3.8) is 0 Å². The number of para-hydroxylation sites is 1. The van der Waals surface area contributed by atoms with Gasteiger partial charge in [-0.2, -0.15) is 11.8 Å². The SMILES string of the molecule is CSCCC(N)C(=O)NC(CCC(N)=O)C(=O)NC(Cc1ccccc1)C(=O)NC(Cc1c[nH]c2ccccc12)C(=O)O. The quantitative estimate of drug-likeness (QED) is 0.116. The van der Waals surface area contributed by atoms with Crippen LogP contribution in [0.2, 0.25) is 0 Å². The van der Waals surface area contributed by atoms with E-state index in [9.17, 15) is 29.1 Å². The summed E-state index contributed by atoms with van der Waals surface area (Å²) in [6, 6.07) is 11.7. The molecule has 0 aliphatic carbocycles. The second-order valence-corrected chi connectivity index (χ2v) is 11.2. The first-order valence-corrected chi connectivity index (χ1v) is 15.2. The molecule has 1 aromatic heterocycles. The molecule has 0 spiro atoms. The molecule has 4 atom stereocenters. The number of carbonyl (C=O) groups is 5. The zero-order chi connectivity index (χ0) is 31.4. The molecule has 0 bridgehead atoms. The van der Waals surface area contributed by atoms with Crippen molar-refractivity contribution >= 4 is 52.3 Å². The van der Waals surface area contributed by atoms with Crippen LogP contribution in [-0.2, 0) is 36.8 Å². The largest absolute Gasteiger partial charge is 0.480 e. The lowest BCUT2D eigenvalue weighted by atomic mass is 10.0. The van der Waals surface area contributed by atoms with Crippen LogP contribution < -0.4 is 27.4 Å². The first-order chi connectivity index (χ1) is 20.6. The van der Waals surface area contributed by atoms with Gasteiger partial charge in [0.1, 0.15) is 18.1 Å². The number of hydrogen-bond acceptors (Lipinski definition) is 7. The van der Waals surface area contributed by atoms with Crippen LogP contribution in [0, 0.1) is 0 Å². The maximum absolute atomic E-state index is 13.5. The molecular formula is C30H38N6O6S. The maximum Gasteiger partial charge on any atom is 0.326 e. The molecule has 9 N–H and O–H groups in total. The second kappa shape index (κ2) is 16.3. The van der Waals surface area contributed by atoms with E-state index >= 15 is 0 Å². The van der Waals surface area contributed by atoms with E-state index in [-0.39, 0.29) is 25.7 Å². The topological polar surface area (TPSA) is 209 Å². The number of aliphatic carboxylic acids is 1. The fraction of sp³-hybridized carbons (Fsp3) is 0.367. The Hall–Kier alpha value is -4.36. The molecule has 1 heterocycles. The highest BCUT2D eigenvalue weighted by molar-refractivity contribution is 7.98. The number of carboxylic acids is 1. The van der Waals surface area contributed by atoms with E-state index in [2.05, 4.69) is 20.9 Å². The number of benzene rings is 2. The predicted molar refractivity (Wildman–Crippen MR) is 165 cm³/mol. The van der Waals surface area contributed by atoms with E-state index in [1.807, 2.05) is 30.5 Å². The highest BCUT2D eigenvalue weighted by Crippen LogP contribution is 2.19. The van der Waals surface area contributed by atoms with Crippen molar-refractivity contribution in [3.05, 3.63) is 71.9 Å². The fourth-order valence-electron chi connectivity index (χ4n) is 4.53. The lowest BCUT2D eigenvalue weighted by Gasteiger charge is -2.25. The van der Waals surface area contributed by atoms with Gasteiger partial charge in [0.15, 0.2) is 0 Å². The molecular weight excluding hydrogens is 572 g/mol. The minimum Gasteiger partial charge on any atom is -0.480 e. The number of carbonyl (C=O) groups excluding carboxylic acids is 4. The third-order valence-corrected chi connectivity index (χ3v) is 7.56. The number of rotatable bonds is 17. The number of hydrogen-bond donors (Lipinski definition) is 7. The summed E-state index contributed by atoms with van der Waals surface area (Å²) >= 11 is 1.52. The molecule has 0 aliphatic heterocycles. The number of thioether (sulfide) groups is 1. The maximum atomic E-state index is 13.5. The zero-order valence-corrected chi connectivity index (χ0v) is 24.7. The van der Waals surface area contributed by atoms with Gasteiger partial charge in [-0.15, -0.1) is 0 Å². The Balaban J connectivity index is 1.80. The van der Waals surface area contributed by atoms with Crippen molar-refractivity contribution in [1.29, 1.82) is 0 Å². The number of fused-ring (bicyclic) bond motifs is 1. The van der Waals surface area contributed by atoms with Crippen LogP contribution in [0.3, 0.4) is 0 Å². The summed E-state index contributed by atoms with van der Waals surface area (Å²) in [5, 5.41) is 18.6. The first-order valence-electron chi connectivity index (χ1n) is 13.8. The van der Waals surface area contributed by atoms with Crippen LogP contribution in [0.5, 0.6) is 0 Å². The van der Waals surface area contributed by atoms with Crippen LogP contribution in [0.15, 0.2) is 60.8 Å². The van der Waals surface area contributed by atoms with Crippen LogP contribution >= 0.6 is 11.8 Å². The van der Waals surface area contributed by atoms with E-state index in [0.29, 0.717) is 23.3 Å². The Morgan fingerprint density at radius 1 is 0.837 bits per heavy atom. The smallest absolute Gasteiger partial charge is 0.326 e. The van der Waals surface area contributed by atoms with Crippen molar-refractivity contribution in [3.8, 4) is 0 Å². The Morgan fingerprint density at radius 2 is 1.47 bits per heavy atom. The van der Waals surface area contributed by atoms with Crippen molar-refractivity contribution in [2.24, 2.45) is 11.5 Å². The Kier molecular flexibility index (Phi) is 12.6. The van der Waals surface area contributed by atoms with Crippen molar-refractivity contribution < 1.29 is 29.1 Å². The summed E-state index contributed by atoms with van der Waals surface area (Å²) in [6.45, 7) is 0. The normalized spacial score (nSPS) is 13.8. The molecule has 2 aromatic carbocycles. The number of primary amides is 1. The van der Waals surface area contributed by atoms with Gasteiger partial charge in [-0.05, 0) is 42.0 Å². The monoisotopic (exact) mass is 610 g/mol. The molecule has 0 saturated heterocycles. The molecule has 0 aliphatic rings. The van der Waals surface area contributed by atoms with E-state index in [1.165, 1.54) is 11.8 Å². The Labute approximate surface area is 253 Å². The summed E-state index contributed by atoms with van der Waals surface area (Å²) in [7, 11) is 0. The number of aromatic nitrogens is 1. The lowest BCUT2D eigenvalue weighted by Crippen LogP contribution is -2.58. The van der Waals surface area contributed by atoms with Crippen LogP contribution in [-0.4, -0.2) is 75.9 Å². The van der Waals surface area contributed by atoms with Crippen LogP contribution in [0.4, 0.5) is 0 Å². The van der Waals surface area contributed by atoms with Gasteiger partial charge in [-0.1, -0.05) is 48.5 Å². The molecule has 4 amide bonds. The van der Waals surface area contributed by atoms with Gasteiger partial charge in [-0.3, -0.25) is 19.2 Å². The summed E-state index contributed by atoms with van der Waals surface area (Å²) in [6.07, 6.45) is 3.69. The summed E-state index contributed by atoms with van der Waals surface area (Å²) < 4.78 is 0. The summed E-state index contributed by atoms with van der Waals surface area (Å²) in [4.78, 5) is 66.5. The fourth-order valence-corrected chi connectivity index (χ4v) is 5.02. The van der Waals surface area contributed by atoms with Gasteiger partial charge in [0, 0.05) is 36.4 Å². The van der Waals surface area contributed by atoms with Gasteiger partial charge in [0.25, 0.3) is 0 Å². The second-order valence-electron chi connectivity index (χ2n) is 10.2. The minimum atomic E-state index is -1.29. The number of nitrogens with one attached hydrogen (secondary N) is 4. The average molecular weight is 611 g/mol. The lowest BCUT2D eigenvalue weighted by molar-refractivity contribution is -0.142. The zero-order valence-electron chi connectivity index (χ0n) is 23.9. The molecule has 0 fully saturated rings. The Morgan fingerprint density at radius 3 is 2.14 bits per heavy atom. The van der Waals surface area contributed by atoms with Crippen molar-refractivity contribution in [2.75, 3.05) is 12.0 Å². The Bertz CT molecular complexity index is 1410. The third kappa shape index (κ3) is 10.1. The molecule has 3 rings (SSSR count). The molecule has 0 saturated carbocycles. The molecule has 13 heteroatoms. The first kappa shape index (κ1) is 33.1. The highest BCUT2D eigenvalue weighted by atomic mass is 32.2. The van der Waals surface area contributed by atoms with Gasteiger partial charge in [0.05, 0.1) is 6.04 Å². The number of amides is 4. The minimum absolute atomic E-state index is 0.00230. The standard InChI is InChI=1S/C30H38N6O6S/c1-43-14-13-21(31)27(38)34-23(11-12-26(32)37)28(39)35-24(15-18-7-3-2-4-8-18)29(40)36-25(30(41)42)16-19-17-33-22-10-6-5-9-20(19)22/h2-10,17,21,23-25,33H,11-16,31H2,1H3,(H2,32,37)(H,34,38)(H,35,39)(H,36,40)(H,41,42).